The van der Waals surface area contributed by atoms with Crippen LogP contribution in [0.5, 0.6) is 0 Å². The fraction of sp³-hybridized carbons (Fsp3) is 0.375. The van der Waals surface area contributed by atoms with E-state index in [9.17, 15) is 0 Å². The van der Waals surface area contributed by atoms with Gasteiger partial charge in [0.2, 0.25) is 0 Å². The van der Waals surface area contributed by atoms with Crippen LogP contribution in [0.25, 0.3) is 11.3 Å². The molecule has 4 heteroatoms. The van der Waals surface area contributed by atoms with E-state index < -0.39 is 0 Å². The van der Waals surface area contributed by atoms with Gasteiger partial charge in [0.05, 0.1) is 34.5 Å². The maximum atomic E-state index is 8.83. The van der Waals surface area contributed by atoms with Gasteiger partial charge < -0.3 is 4.74 Å². The molecule has 0 N–H and O–H groups in total. The van der Waals surface area contributed by atoms with Crippen LogP contribution in [-0.4, -0.2) is 17.2 Å². The SMILES string of the molecule is N#Cc1ccc(-c2csc(C3CC4CCC3O4)n2)cc1. The number of hydrogen-bond donors (Lipinski definition) is 0. The molecule has 3 atom stereocenters. The largest absolute Gasteiger partial charge is 0.374 e. The Hall–Kier alpha value is -1.70. The summed E-state index contributed by atoms with van der Waals surface area (Å²) in [7, 11) is 0. The van der Waals surface area contributed by atoms with Crippen LogP contribution in [0.2, 0.25) is 0 Å². The van der Waals surface area contributed by atoms with Crippen molar-refractivity contribution in [3.63, 3.8) is 0 Å². The summed E-state index contributed by atoms with van der Waals surface area (Å²) in [5, 5.41) is 12.1. The van der Waals surface area contributed by atoms with Crippen LogP contribution in [0.4, 0.5) is 0 Å². The molecule has 2 aromatic rings. The Labute approximate surface area is 121 Å². The molecule has 3 heterocycles. The fourth-order valence-electron chi connectivity index (χ4n) is 3.20. The normalized spacial score (nSPS) is 27.6. The van der Waals surface area contributed by atoms with Crippen LogP contribution in [0.15, 0.2) is 29.6 Å². The maximum Gasteiger partial charge on any atom is 0.0991 e. The van der Waals surface area contributed by atoms with Crippen molar-refractivity contribution < 1.29 is 4.74 Å². The number of thiazole rings is 1. The van der Waals surface area contributed by atoms with Gasteiger partial charge in [-0.3, -0.25) is 0 Å². The molecule has 100 valence electrons. The number of ether oxygens (including phenoxy) is 1. The average molecular weight is 282 g/mol. The van der Waals surface area contributed by atoms with E-state index in [-0.39, 0.29) is 0 Å². The van der Waals surface area contributed by atoms with Gasteiger partial charge in [-0.05, 0) is 31.4 Å². The van der Waals surface area contributed by atoms with Gasteiger partial charge >= 0.3 is 0 Å². The number of benzene rings is 1. The molecule has 0 saturated carbocycles. The summed E-state index contributed by atoms with van der Waals surface area (Å²) < 4.78 is 5.92. The molecule has 2 fully saturated rings. The van der Waals surface area contributed by atoms with E-state index in [0.29, 0.717) is 23.7 Å². The first kappa shape index (κ1) is 12.1. The average Bonchev–Trinajstić information content (AvgIpc) is 3.23. The van der Waals surface area contributed by atoms with Gasteiger partial charge in [0.25, 0.3) is 0 Å². The standard InChI is InChI=1S/C16H14N2OS/c17-8-10-1-3-11(4-2-10)14-9-20-16(18-14)13-7-12-5-6-15(13)19-12/h1-4,9,12-13,15H,5-7H2. The molecule has 2 bridgehead atoms. The van der Waals surface area contributed by atoms with Crippen LogP contribution in [-0.2, 0) is 4.74 Å². The van der Waals surface area contributed by atoms with Crippen LogP contribution in [0.3, 0.4) is 0 Å². The minimum atomic E-state index is 0.389. The summed E-state index contributed by atoms with van der Waals surface area (Å²) >= 11 is 1.74. The highest BCUT2D eigenvalue weighted by molar-refractivity contribution is 7.10. The van der Waals surface area contributed by atoms with Gasteiger partial charge in [0, 0.05) is 16.9 Å². The lowest BCUT2D eigenvalue weighted by molar-refractivity contribution is 0.101. The Bertz CT molecular complexity index is 671. The molecular weight excluding hydrogens is 268 g/mol. The van der Waals surface area contributed by atoms with Gasteiger partial charge in [0.1, 0.15) is 0 Å². The second-order valence-corrected chi connectivity index (χ2v) is 6.37. The minimum absolute atomic E-state index is 0.389. The molecule has 1 aromatic carbocycles. The van der Waals surface area contributed by atoms with Gasteiger partial charge in [-0.15, -0.1) is 11.3 Å². The Morgan fingerprint density at radius 1 is 1.25 bits per heavy atom. The first-order chi connectivity index (χ1) is 9.83. The summed E-state index contributed by atoms with van der Waals surface area (Å²) in [4.78, 5) is 4.79. The third-order valence-corrected chi connectivity index (χ3v) is 5.23. The maximum absolute atomic E-state index is 8.83. The molecule has 0 amide bonds. The molecule has 2 aliphatic heterocycles. The van der Waals surface area contributed by atoms with E-state index in [4.69, 9.17) is 15.0 Å². The van der Waals surface area contributed by atoms with Crippen molar-refractivity contribution in [3.8, 4) is 17.3 Å². The lowest BCUT2D eigenvalue weighted by atomic mass is 9.90. The summed E-state index contributed by atoms with van der Waals surface area (Å²) in [6.45, 7) is 0. The topological polar surface area (TPSA) is 45.9 Å². The van der Waals surface area contributed by atoms with Crippen molar-refractivity contribution in [3.05, 3.63) is 40.2 Å². The molecular formula is C16H14N2OS. The Morgan fingerprint density at radius 2 is 2.10 bits per heavy atom. The lowest BCUT2D eigenvalue weighted by Crippen LogP contribution is -2.13. The predicted molar refractivity (Wildman–Crippen MR) is 77.5 cm³/mol. The molecule has 20 heavy (non-hydrogen) atoms. The van der Waals surface area contributed by atoms with Crippen molar-refractivity contribution in [2.24, 2.45) is 0 Å². The molecule has 1 aromatic heterocycles. The van der Waals surface area contributed by atoms with Gasteiger partial charge in [-0.1, -0.05) is 12.1 Å². The third kappa shape index (κ3) is 1.94. The van der Waals surface area contributed by atoms with E-state index in [1.807, 2.05) is 24.3 Å². The van der Waals surface area contributed by atoms with Crippen LogP contribution in [0, 0.1) is 11.3 Å². The van der Waals surface area contributed by atoms with Crippen molar-refractivity contribution in [1.29, 1.82) is 5.26 Å². The third-order valence-electron chi connectivity index (χ3n) is 4.25. The van der Waals surface area contributed by atoms with E-state index in [1.54, 1.807) is 11.3 Å². The second-order valence-electron chi connectivity index (χ2n) is 5.48. The summed E-state index contributed by atoms with van der Waals surface area (Å²) in [6, 6.07) is 9.76. The van der Waals surface area contributed by atoms with E-state index in [1.165, 1.54) is 17.8 Å². The number of hydrogen-bond acceptors (Lipinski definition) is 4. The van der Waals surface area contributed by atoms with Crippen LogP contribution < -0.4 is 0 Å². The molecule has 0 spiro atoms. The highest BCUT2D eigenvalue weighted by atomic mass is 32.1. The number of rotatable bonds is 2. The van der Waals surface area contributed by atoms with E-state index >= 15 is 0 Å². The Morgan fingerprint density at radius 3 is 2.75 bits per heavy atom. The quantitative estimate of drug-likeness (QED) is 0.843. The van der Waals surface area contributed by atoms with Crippen molar-refractivity contribution in [2.75, 3.05) is 0 Å². The smallest absolute Gasteiger partial charge is 0.0991 e. The summed E-state index contributed by atoms with van der Waals surface area (Å²) in [6.07, 6.45) is 4.38. The fourth-order valence-corrected chi connectivity index (χ4v) is 4.20. The van der Waals surface area contributed by atoms with Crippen molar-refractivity contribution >= 4 is 11.3 Å². The Balaban J connectivity index is 1.60. The lowest BCUT2D eigenvalue weighted by Gasteiger charge is -2.15. The first-order valence-electron chi connectivity index (χ1n) is 6.95. The zero-order valence-electron chi connectivity index (χ0n) is 11.0. The number of aromatic nitrogens is 1. The molecule has 3 nitrogen and oxygen atoms in total. The number of nitrogens with zero attached hydrogens (tertiary/aromatic N) is 2. The second kappa shape index (κ2) is 4.69. The zero-order valence-corrected chi connectivity index (χ0v) is 11.8. The molecule has 2 saturated heterocycles. The monoisotopic (exact) mass is 282 g/mol. The minimum Gasteiger partial charge on any atom is -0.374 e. The van der Waals surface area contributed by atoms with E-state index in [0.717, 1.165) is 17.7 Å². The van der Waals surface area contributed by atoms with Crippen molar-refractivity contribution in [1.82, 2.24) is 4.98 Å². The number of fused-ring (bicyclic) bond motifs is 2. The molecule has 2 aliphatic rings. The van der Waals surface area contributed by atoms with Crippen molar-refractivity contribution in [2.45, 2.75) is 37.4 Å². The summed E-state index contributed by atoms with van der Waals surface area (Å²) in [5.41, 5.74) is 2.78. The van der Waals surface area contributed by atoms with Gasteiger partial charge in [-0.25, -0.2) is 4.98 Å². The summed E-state index contributed by atoms with van der Waals surface area (Å²) in [5.74, 6) is 0.492. The first-order valence-corrected chi connectivity index (χ1v) is 7.83. The van der Waals surface area contributed by atoms with Crippen LogP contribution in [0.1, 0.15) is 35.8 Å². The molecule has 0 aliphatic carbocycles. The van der Waals surface area contributed by atoms with Gasteiger partial charge in [-0.2, -0.15) is 5.26 Å². The van der Waals surface area contributed by atoms with Crippen LogP contribution >= 0.6 is 11.3 Å². The highest BCUT2D eigenvalue weighted by Crippen LogP contribution is 2.45. The zero-order chi connectivity index (χ0) is 13.5. The number of nitriles is 1. The molecule has 3 unspecified atom stereocenters. The Kier molecular flexibility index (Phi) is 2.83. The van der Waals surface area contributed by atoms with E-state index in [2.05, 4.69) is 11.4 Å². The predicted octanol–water partition coefficient (Wildman–Crippen LogP) is 3.72. The molecule has 4 rings (SSSR count). The molecule has 0 radical (unpaired) electrons. The van der Waals surface area contributed by atoms with Gasteiger partial charge in [0.15, 0.2) is 0 Å². The highest BCUT2D eigenvalue weighted by Gasteiger charge is 2.42.